The van der Waals surface area contributed by atoms with E-state index in [4.69, 9.17) is 11.6 Å². The number of anilines is 1. The largest absolute Gasteiger partial charge is 0.354 e. The van der Waals surface area contributed by atoms with Crippen LogP contribution in [0.2, 0.25) is 5.02 Å². The standard InChI is InChI=1S/C26H36ClN3O4S/c1-7-23(26(32)28-15-18(2)3)29(16-21-13-8-9-14-22(21)27)24(31)17-30(35(6,33)34)25-19(4)11-10-12-20(25)5/h8-14,18,23H,7,15-17H2,1-6H3,(H,28,32)/t23-/m1/s1. The molecule has 2 aromatic carbocycles. The third-order valence-electron chi connectivity index (χ3n) is 5.74. The molecule has 35 heavy (non-hydrogen) atoms. The molecule has 0 fully saturated rings. The average molecular weight is 522 g/mol. The maximum absolute atomic E-state index is 13.8. The van der Waals surface area contributed by atoms with Crippen molar-refractivity contribution < 1.29 is 18.0 Å². The Balaban J connectivity index is 2.49. The maximum atomic E-state index is 13.8. The van der Waals surface area contributed by atoms with E-state index in [0.717, 1.165) is 21.7 Å². The van der Waals surface area contributed by atoms with Crippen molar-refractivity contribution in [2.24, 2.45) is 5.92 Å². The molecule has 2 aromatic rings. The summed E-state index contributed by atoms with van der Waals surface area (Å²) in [5, 5.41) is 3.37. The molecule has 0 saturated heterocycles. The molecule has 0 aromatic heterocycles. The van der Waals surface area contributed by atoms with E-state index in [0.29, 0.717) is 29.2 Å². The number of aryl methyl sites for hydroxylation is 2. The number of halogens is 1. The molecule has 7 nitrogen and oxygen atoms in total. The molecular formula is C26H36ClN3O4S. The number of carbonyl (C=O) groups is 2. The lowest BCUT2D eigenvalue weighted by Crippen LogP contribution is -2.52. The molecule has 0 heterocycles. The van der Waals surface area contributed by atoms with Gasteiger partial charge in [-0.05, 0) is 48.9 Å². The quantitative estimate of drug-likeness (QED) is 0.477. The second-order valence-electron chi connectivity index (χ2n) is 9.19. The van der Waals surface area contributed by atoms with Crippen LogP contribution in [0, 0.1) is 19.8 Å². The first-order chi connectivity index (χ1) is 16.4. The molecule has 0 unspecified atom stereocenters. The summed E-state index contributed by atoms with van der Waals surface area (Å²) in [5.74, 6) is -0.516. The zero-order chi connectivity index (χ0) is 26.3. The molecule has 0 spiro atoms. The van der Waals surface area contributed by atoms with E-state index in [1.807, 2.05) is 32.9 Å². The Morgan fingerprint density at radius 3 is 2.14 bits per heavy atom. The fourth-order valence-electron chi connectivity index (χ4n) is 3.93. The Hall–Kier alpha value is -2.58. The number of hydrogen-bond acceptors (Lipinski definition) is 4. The van der Waals surface area contributed by atoms with Crippen LogP contribution in [0.1, 0.15) is 43.9 Å². The number of carbonyl (C=O) groups excluding carboxylic acids is 2. The van der Waals surface area contributed by atoms with Crippen LogP contribution >= 0.6 is 11.6 Å². The molecule has 192 valence electrons. The first kappa shape index (κ1) is 28.7. The van der Waals surface area contributed by atoms with Gasteiger partial charge in [0.1, 0.15) is 12.6 Å². The van der Waals surface area contributed by atoms with Gasteiger partial charge in [-0.3, -0.25) is 13.9 Å². The van der Waals surface area contributed by atoms with Crippen LogP contribution in [0.15, 0.2) is 42.5 Å². The van der Waals surface area contributed by atoms with Crippen LogP contribution in [0.3, 0.4) is 0 Å². The van der Waals surface area contributed by atoms with Gasteiger partial charge in [-0.2, -0.15) is 0 Å². The van der Waals surface area contributed by atoms with Crippen molar-refractivity contribution in [2.75, 3.05) is 23.7 Å². The highest BCUT2D eigenvalue weighted by molar-refractivity contribution is 7.92. The highest BCUT2D eigenvalue weighted by Crippen LogP contribution is 2.27. The Labute approximate surface area is 214 Å². The smallest absolute Gasteiger partial charge is 0.244 e. The Kier molecular flexibility index (Phi) is 10.2. The van der Waals surface area contributed by atoms with E-state index in [2.05, 4.69) is 5.32 Å². The number of rotatable bonds is 11. The molecule has 0 aliphatic carbocycles. The number of sulfonamides is 1. The molecular weight excluding hydrogens is 486 g/mol. The van der Waals surface area contributed by atoms with E-state index in [1.54, 1.807) is 44.2 Å². The van der Waals surface area contributed by atoms with Gasteiger partial charge in [0.25, 0.3) is 0 Å². The number of benzene rings is 2. The predicted octanol–water partition coefficient (Wildman–Crippen LogP) is 4.30. The molecule has 0 saturated carbocycles. The lowest BCUT2D eigenvalue weighted by molar-refractivity contribution is -0.140. The van der Waals surface area contributed by atoms with E-state index >= 15 is 0 Å². The minimum Gasteiger partial charge on any atom is -0.354 e. The van der Waals surface area contributed by atoms with Crippen molar-refractivity contribution in [1.82, 2.24) is 10.2 Å². The highest BCUT2D eigenvalue weighted by Gasteiger charge is 2.32. The van der Waals surface area contributed by atoms with Crippen molar-refractivity contribution >= 4 is 39.1 Å². The zero-order valence-electron chi connectivity index (χ0n) is 21.3. The van der Waals surface area contributed by atoms with Crippen molar-refractivity contribution in [1.29, 1.82) is 0 Å². The van der Waals surface area contributed by atoms with E-state index in [9.17, 15) is 18.0 Å². The van der Waals surface area contributed by atoms with Crippen LogP contribution in [-0.4, -0.2) is 50.5 Å². The number of hydrogen-bond donors (Lipinski definition) is 1. The summed E-state index contributed by atoms with van der Waals surface area (Å²) in [6.45, 7) is 9.54. The lowest BCUT2D eigenvalue weighted by atomic mass is 10.1. The van der Waals surface area contributed by atoms with Crippen LogP contribution in [0.4, 0.5) is 5.69 Å². The first-order valence-electron chi connectivity index (χ1n) is 11.7. The molecule has 0 aliphatic rings. The molecule has 2 amide bonds. The Morgan fingerprint density at radius 2 is 1.63 bits per heavy atom. The number of nitrogens with zero attached hydrogens (tertiary/aromatic N) is 2. The summed E-state index contributed by atoms with van der Waals surface area (Å²) in [5.41, 5.74) is 2.62. The van der Waals surface area contributed by atoms with Crippen LogP contribution in [-0.2, 0) is 26.2 Å². The van der Waals surface area contributed by atoms with E-state index in [-0.39, 0.29) is 18.4 Å². The topological polar surface area (TPSA) is 86.8 Å². The number of amides is 2. The van der Waals surface area contributed by atoms with Crippen molar-refractivity contribution in [3.63, 3.8) is 0 Å². The van der Waals surface area contributed by atoms with Gasteiger partial charge in [0.05, 0.1) is 11.9 Å². The average Bonchev–Trinajstić information content (AvgIpc) is 2.77. The second kappa shape index (κ2) is 12.4. The third-order valence-corrected chi connectivity index (χ3v) is 7.22. The molecule has 0 aliphatic heterocycles. The lowest BCUT2D eigenvalue weighted by Gasteiger charge is -2.33. The van der Waals surface area contributed by atoms with Crippen molar-refractivity contribution in [3.05, 3.63) is 64.2 Å². The summed E-state index contributed by atoms with van der Waals surface area (Å²) in [4.78, 5) is 28.3. The molecule has 2 rings (SSSR count). The molecule has 0 bridgehead atoms. The predicted molar refractivity (Wildman–Crippen MR) is 142 cm³/mol. The van der Waals surface area contributed by atoms with Gasteiger partial charge >= 0.3 is 0 Å². The molecule has 0 radical (unpaired) electrons. The molecule has 9 heteroatoms. The summed E-state index contributed by atoms with van der Waals surface area (Å²) in [6, 6.07) is 11.8. The third kappa shape index (κ3) is 7.70. The van der Waals surface area contributed by atoms with Gasteiger partial charge in [-0.15, -0.1) is 0 Å². The van der Waals surface area contributed by atoms with Gasteiger partial charge in [0, 0.05) is 18.1 Å². The fraction of sp³-hybridized carbons (Fsp3) is 0.462. The highest BCUT2D eigenvalue weighted by atomic mass is 35.5. The minimum absolute atomic E-state index is 0.0798. The van der Waals surface area contributed by atoms with Crippen LogP contribution < -0.4 is 9.62 Å². The molecule has 1 N–H and O–H groups in total. The van der Waals surface area contributed by atoms with E-state index in [1.165, 1.54) is 4.90 Å². The Morgan fingerprint density at radius 1 is 1.03 bits per heavy atom. The first-order valence-corrected chi connectivity index (χ1v) is 13.9. The van der Waals surface area contributed by atoms with E-state index < -0.39 is 28.5 Å². The van der Waals surface area contributed by atoms with Crippen LogP contribution in [0.5, 0.6) is 0 Å². The van der Waals surface area contributed by atoms with Gasteiger partial charge in [0.2, 0.25) is 21.8 Å². The second-order valence-corrected chi connectivity index (χ2v) is 11.5. The van der Waals surface area contributed by atoms with Gasteiger partial charge in [-0.1, -0.05) is 68.8 Å². The fourth-order valence-corrected chi connectivity index (χ4v) is 5.09. The van der Waals surface area contributed by atoms with Crippen LogP contribution in [0.25, 0.3) is 0 Å². The number of nitrogens with one attached hydrogen (secondary N) is 1. The van der Waals surface area contributed by atoms with Crippen molar-refractivity contribution in [2.45, 2.75) is 53.6 Å². The van der Waals surface area contributed by atoms with Gasteiger partial charge < -0.3 is 10.2 Å². The monoisotopic (exact) mass is 521 g/mol. The Bertz CT molecular complexity index is 1130. The summed E-state index contributed by atoms with van der Waals surface area (Å²) in [7, 11) is -3.79. The summed E-state index contributed by atoms with van der Waals surface area (Å²) < 4.78 is 26.7. The van der Waals surface area contributed by atoms with Crippen molar-refractivity contribution in [3.8, 4) is 0 Å². The van der Waals surface area contributed by atoms with Gasteiger partial charge in [0.15, 0.2) is 0 Å². The number of para-hydroxylation sites is 1. The molecule has 1 atom stereocenters. The zero-order valence-corrected chi connectivity index (χ0v) is 22.9. The summed E-state index contributed by atoms with van der Waals surface area (Å²) >= 11 is 6.37. The minimum atomic E-state index is -3.79. The maximum Gasteiger partial charge on any atom is 0.244 e. The normalized spacial score (nSPS) is 12.3. The summed E-state index contributed by atoms with van der Waals surface area (Å²) in [6.07, 6.45) is 1.44. The SMILES string of the molecule is CC[C@H](C(=O)NCC(C)C)N(Cc1ccccc1Cl)C(=O)CN(c1c(C)cccc1C)S(C)(=O)=O. The van der Waals surface area contributed by atoms with Gasteiger partial charge in [-0.25, -0.2) is 8.42 Å².